The van der Waals surface area contributed by atoms with Crippen molar-refractivity contribution < 1.29 is 47.8 Å². The van der Waals surface area contributed by atoms with Gasteiger partial charge in [0, 0.05) is 22.6 Å². The van der Waals surface area contributed by atoms with Crippen molar-refractivity contribution in [2.75, 3.05) is 6.54 Å². The molecule has 61 heavy (non-hydrogen) atoms. The zero-order valence-electron chi connectivity index (χ0n) is 37.6. The third kappa shape index (κ3) is 17.7. The maximum Gasteiger partial charge on any atom is 0.328 e. The van der Waals surface area contributed by atoms with Crippen molar-refractivity contribution in [3.8, 4) is 0 Å². The van der Waals surface area contributed by atoms with Crippen molar-refractivity contribution in [3.63, 3.8) is 0 Å². The summed E-state index contributed by atoms with van der Waals surface area (Å²) >= 11 is 3.53. The van der Waals surface area contributed by atoms with Crippen LogP contribution in [0.3, 0.4) is 0 Å². The summed E-state index contributed by atoms with van der Waals surface area (Å²) in [6, 6.07) is 1.37. The van der Waals surface area contributed by atoms with Gasteiger partial charge in [0.15, 0.2) is 0 Å². The Kier molecular flexibility index (Phi) is 19.2. The van der Waals surface area contributed by atoms with Crippen molar-refractivity contribution in [1.82, 2.24) is 26.2 Å². The Hall–Kier alpha value is -4.09. The molecule has 6 N–H and O–H groups in total. The number of halogens is 1. The Bertz CT molecular complexity index is 1730. The molecule has 1 aromatic carbocycles. The van der Waals surface area contributed by atoms with Crippen molar-refractivity contribution in [3.05, 3.63) is 33.8 Å². The van der Waals surface area contributed by atoms with Gasteiger partial charge in [-0.2, -0.15) is 0 Å². The van der Waals surface area contributed by atoms with E-state index in [-0.39, 0.29) is 67.0 Å². The molecule has 1 heterocycles. The summed E-state index contributed by atoms with van der Waals surface area (Å²) in [5.41, 5.74) is 5.20. The summed E-state index contributed by atoms with van der Waals surface area (Å²) < 4.78 is 17.6. The summed E-state index contributed by atoms with van der Waals surface area (Å²) in [5, 5.41) is 11.0. The van der Waals surface area contributed by atoms with Gasteiger partial charge in [0.05, 0.1) is 30.6 Å². The lowest BCUT2D eigenvalue weighted by molar-refractivity contribution is -0.156. The molecule has 2 aliphatic rings. The van der Waals surface area contributed by atoms with Crippen LogP contribution in [-0.2, 0) is 49.5 Å². The van der Waals surface area contributed by atoms with Gasteiger partial charge in [-0.3, -0.25) is 33.7 Å². The average molecular weight is 922 g/mol. The van der Waals surface area contributed by atoms with E-state index in [9.17, 15) is 33.6 Å². The highest BCUT2D eigenvalue weighted by molar-refractivity contribution is 9.10. The Morgan fingerprint density at radius 1 is 0.869 bits per heavy atom. The second-order valence-corrected chi connectivity index (χ2v) is 19.6. The predicted octanol–water partition coefficient (Wildman–Crippen LogP) is 4.33. The van der Waals surface area contributed by atoms with Crippen LogP contribution in [0.25, 0.3) is 0 Å². The molecule has 3 rings (SSSR count). The van der Waals surface area contributed by atoms with Gasteiger partial charge in [0.1, 0.15) is 29.8 Å². The number of amides is 5. The Labute approximate surface area is 369 Å². The minimum absolute atomic E-state index is 0.0224. The number of benzene rings is 1. The van der Waals surface area contributed by atoms with Gasteiger partial charge in [-0.15, -0.1) is 0 Å². The Morgan fingerprint density at radius 2 is 1.56 bits per heavy atom. The normalized spacial score (nSPS) is 20.4. The highest BCUT2D eigenvalue weighted by atomic mass is 79.9. The number of carbonyl (C=O) groups excluding carboxylic acids is 7. The zero-order chi connectivity index (χ0) is 45.8. The minimum atomic E-state index is -1.34. The van der Waals surface area contributed by atoms with E-state index in [0.29, 0.717) is 29.3 Å². The summed E-state index contributed by atoms with van der Waals surface area (Å²) in [5.74, 6) is -3.80. The molecule has 5 amide bonds. The van der Waals surface area contributed by atoms with Crippen LogP contribution in [0, 0.1) is 5.92 Å². The first-order valence-corrected chi connectivity index (χ1v) is 22.2. The Morgan fingerprint density at radius 3 is 2.18 bits per heavy atom. The molecule has 1 aromatic rings. The molecule has 0 bridgehead atoms. The smallest absolute Gasteiger partial charge is 0.328 e. The molecule has 0 aromatic heterocycles. The first-order valence-electron chi connectivity index (χ1n) is 21.4. The number of ether oxygens (including phenoxy) is 3. The number of likely N-dealkylation sites (tertiary alicyclic amines) is 1. The lowest BCUT2D eigenvalue weighted by Gasteiger charge is -2.38. The fourth-order valence-electron chi connectivity index (χ4n) is 7.71. The number of hydrogen-bond acceptors (Lipinski definition) is 11. The van der Waals surface area contributed by atoms with Gasteiger partial charge in [-0.05, 0) is 137 Å². The number of carbonyl (C=O) groups is 7. The molecule has 7 atom stereocenters. The molecule has 0 spiro atoms. The number of rotatable bonds is 19. The zero-order valence-corrected chi connectivity index (χ0v) is 39.2. The van der Waals surface area contributed by atoms with Crippen LogP contribution in [0.15, 0.2) is 22.7 Å². The quantitative estimate of drug-likeness (QED) is 0.123. The number of nitrogens with one attached hydrogen (secondary N) is 4. The van der Waals surface area contributed by atoms with Crippen molar-refractivity contribution in [2.24, 2.45) is 11.7 Å². The average Bonchev–Trinajstić information content (AvgIpc) is 3.62. The first-order chi connectivity index (χ1) is 28.3. The molecule has 1 saturated carbocycles. The summed E-state index contributed by atoms with van der Waals surface area (Å²) in [7, 11) is 0. The van der Waals surface area contributed by atoms with Crippen LogP contribution < -0.4 is 27.0 Å². The van der Waals surface area contributed by atoms with E-state index in [0.717, 1.165) is 25.8 Å². The second kappa shape index (κ2) is 22.8. The van der Waals surface area contributed by atoms with Crippen LogP contribution in [0.1, 0.15) is 143 Å². The van der Waals surface area contributed by atoms with Gasteiger partial charge in [0.2, 0.25) is 23.6 Å². The minimum Gasteiger partial charge on any atom is -0.461 e. The van der Waals surface area contributed by atoms with E-state index in [4.69, 9.17) is 19.9 Å². The third-order valence-electron chi connectivity index (χ3n) is 10.2. The topological polar surface area (TPSA) is 225 Å². The summed E-state index contributed by atoms with van der Waals surface area (Å²) in [6.45, 7) is 18.8. The standard InChI is InChI=1S/C44H69BrN6O10/c1-25(2)19-34(40(56)49-33(38(46)54)23-37(53)61-44(8,9)10)50-39(55)28-16-17-32(45)29(21-28)24-47-41(57)35-15-12-18-51(35)30-13-11-14-31(22-30)59-42(58)27(4)48-36(52)20-26(3)60-43(5,6)7/h16-17,21,25-27,30-31,33-35H,11-15,18-20,22-24H2,1-10H3,(H2,46,54)(H,47,57)(H,48,52)(H,49,56)(H,50,55)/t26-,27+,30?,31?,33+,34-,35+/m1/s1. The highest BCUT2D eigenvalue weighted by Gasteiger charge is 2.39. The SMILES string of the molecule is CC(C)C[C@@H](NC(=O)c1ccc(Br)c(CNC(=O)[C@@H]2CCCN2C2CCCC(OC(=O)[C@H](C)NC(=O)C[C@@H](C)OC(C)(C)C)C2)c1)C(=O)N[C@@H](CC(=O)OC(C)(C)C)C(N)=O. The summed E-state index contributed by atoms with van der Waals surface area (Å²) in [4.78, 5) is 93.0. The van der Waals surface area contributed by atoms with Gasteiger partial charge in [0.25, 0.3) is 5.91 Å². The van der Waals surface area contributed by atoms with E-state index in [2.05, 4.69) is 42.1 Å². The van der Waals surface area contributed by atoms with E-state index in [1.165, 1.54) is 0 Å². The molecular weight excluding hydrogens is 852 g/mol. The molecule has 1 aliphatic heterocycles. The van der Waals surface area contributed by atoms with Crippen LogP contribution in [0.4, 0.5) is 0 Å². The molecular formula is C44H69BrN6O10. The molecule has 0 radical (unpaired) electrons. The number of nitrogens with two attached hydrogens (primary N) is 1. The fourth-order valence-corrected chi connectivity index (χ4v) is 8.10. The van der Waals surface area contributed by atoms with Gasteiger partial charge in [-0.1, -0.05) is 29.8 Å². The lowest BCUT2D eigenvalue weighted by atomic mass is 9.91. The van der Waals surface area contributed by atoms with Gasteiger partial charge in [-0.25, -0.2) is 4.79 Å². The molecule has 2 unspecified atom stereocenters. The lowest BCUT2D eigenvalue weighted by Crippen LogP contribution is -2.54. The summed E-state index contributed by atoms with van der Waals surface area (Å²) in [6.07, 6.45) is 3.73. The van der Waals surface area contributed by atoms with Gasteiger partial charge < -0.3 is 41.2 Å². The number of esters is 2. The molecule has 17 heteroatoms. The predicted molar refractivity (Wildman–Crippen MR) is 233 cm³/mol. The van der Waals surface area contributed by atoms with Crippen LogP contribution in [0.2, 0.25) is 0 Å². The fraction of sp³-hybridized carbons (Fsp3) is 0.705. The number of primary amides is 1. The maximum atomic E-state index is 13.7. The largest absolute Gasteiger partial charge is 0.461 e. The molecule has 1 aliphatic carbocycles. The first kappa shape index (κ1) is 51.3. The Balaban J connectivity index is 1.59. The van der Waals surface area contributed by atoms with Crippen molar-refractivity contribution in [1.29, 1.82) is 0 Å². The molecule has 1 saturated heterocycles. The maximum absolute atomic E-state index is 13.7. The number of nitrogens with zero attached hydrogens (tertiary/aromatic N) is 1. The van der Waals surface area contributed by atoms with E-state index >= 15 is 0 Å². The van der Waals surface area contributed by atoms with E-state index < -0.39 is 65.4 Å². The molecule has 342 valence electrons. The monoisotopic (exact) mass is 920 g/mol. The van der Waals surface area contributed by atoms with Crippen LogP contribution in [-0.4, -0.2) is 107 Å². The van der Waals surface area contributed by atoms with E-state index in [1.54, 1.807) is 45.9 Å². The van der Waals surface area contributed by atoms with Gasteiger partial charge >= 0.3 is 11.9 Å². The van der Waals surface area contributed by atoms with Crippen molar-refractivity contribution in [2.45, 2.75) is 187 Å². The highest BCUT2D eigenvalue weighted by Crippen LogP contribution is 2.31. The van der Waals surface area contributed by atoms with Crippen molar-refractivity contribution >= 4 is 57.4 Å². The second-order valence-electron chi connectivity index (χ2n) is 18.7. The van der Waals surface area contributed by atoms with E-state index in [1.807, 2.05) is 41.5 Å². The van der Waals surface area contributed by atoms with Crippen LogP contribution in [0.5, 0.6) is 0 Å². The number of hydrogen-bond donors (Lipinski definition) is 5. The van der Waals surface area contributed by atoms with Crippen LogP contribution >= 0.6 is 15.9 Å². The third-order valence-corrected chi connectivity index (χ3v) is 11.0. The molecule has 2 fully saturated rings. The molecule has 16 nitrogen and oxygen atoms in total.